The van der Waals surface area contributed by atoms with Crippen LogP contribution in [-0.2, 0) is 4.79 Å². The quantitative estimate of drug-likeness (QED) is 0.902. The predicted molar refractivity (Wildman–Crippen MR) is 81.7 cm³/mol. The van der Waals surface area contributed by atoms with E-state index in [4.69, 9.17) is 0 Å². The fraction of sp³-hybridized carbons (Fsp3) is 0.588. The van der Waals surface area contributed by atoms with Crippen LogP contribution in [0.3, 0.4) is 0 Å². The molecule has 0 bridgehead atoms. The summed E-state index contributed by atoms with van der Waals surface area (Å²) in [5.74, 6) is -1.22. The average molecular weight is 324 g/mol. The molecular weight excluding hydrogens is 302 g/mol. The first kappa shape index (κ1) is 16.3. The predicted octanol–water partition coefficient (Wildman–Crippen LogP) is 2.08. The Hall–Kier alpha value is -1.53. The van der Waals surface area contributed by atoms with Crippen molar-refractivity contribution in [1.82, 2.24) is 9.80 Å². The number of carbonyl (C=O) groups is 1. The van der Waals surface area contributed by atoms with Gasteiger partial charge in [0.1, 0.15) is 11.6 Å². The number of likely N-dealkylation sites (tertiary alicyclic amines) is 1. The minimum absolute atomic E-state index is 0.135. The average Bonchev–Trinajstić information content (AvgIpc) is 3.29. The molecule has 1 aromatic rings. The lowest BCUT2D eigenvalue weighted by atomic mass is 10.0. The second kappa shape index (κ2) is 6.53. The number of benzene rings is 1. The van der Waals surface area contributed by atoms with Crippen LogP contribution >= 0.6 is 0 Å². The van der Waals surface area contributed by atoms with E-state index < -0.39 is 23.8 Å². The molecule has 1 N–H and O–H groups in total. The first-order chi connectivity index (χ1) is 11.0. The van der Waals surface area contributed by atoms with Crippen LogP contribution in [0.1, 0.15) is 37.8 Å². The summed E-state index contributed by atoms with van der Waals surface area (Å²) >= 11 is 0. The molecule has 2 fully saturated rings. The first-order valence-corrected chi connectivity index (χ1v) is 8.16. The molecule has 1 aromatic carbocycles. The number of hydrogen-bond donors (Lipinski definition) is 1. The summed E-state index contributed by atoms with van der Waals surface area (Å²) in [4.78, 5) is 16.2. The summed E-state index contributed by atoms with van der Waals surface area (Å²) in [7, 11) is 0. The van der Waals surface area contributed by atoms with Gasteiger partial charge in [-0.25, -0.2) is 8.78 Å². The third-order valence-corrected chi connectivity index (χ3v) is 4.72. The molecule has 2 atom stereocenters. The van der Waals surface area contributed by atoms with Crippen molar-refractivity contribution >= 4 is 5.91 Å². The lowest BCUT2D eigenvalue weighted by Crippen LogP contribution is -2.41. The SMILES string of the molecule is CCN(CC(=O)N1C[C@@H](O)C[C@H]1c1cc(F)ccc1F)C1CC1. The van der Waals surface area contributed by atoms with E-state index in [-0.39, 0.29) is 31.0 Å². The second-order valence-electron chi connectivity index (χ2n) is 6.41. The van der Waals surface area contributed by atoms with Crippen molar-refractivity contribution in [3.63, 3.8) is 0 Å². The smallest absolute Gasteiger partial charge is 0.237 e. The van der Waals surface area contributed by atoms with Gasteiger partial charge in [0.15, 0.2) is 0 Å². The third-order valence-electron chi connectivity index (χ3n) is 4.72. The Morgan fingerprint density at radius 1 is 1.39 bits per heavy atom. The van der Waals surface area contributed by atoms with Crippen LogP contribution in [0.4, 0.5) is 8.78 Å². The van der Waals surface area contributed by atoms with E-state index in [9.17, 15) is 18.7 Å². The van der Waals surface area contributed by atoms with E-state index in [0.717, 1.165) is 37.6 Å². The highest BCUT2D eigenvalue weighted by Crippen LogP contribution is 2.35. The van der Waals surface area contributed by atoms with Crippen LogP contribution in [0.2, 0.25) is 0 Å². The van der Waals surface area contributed by atoms with Gasteiger partial charge in [0.2, 0.25) is 5.91 Å². The van der Waals surface area contributed by atoms with Crippen LogP contribution in [-0.4, -0.2) is 52.6 Å². The number of rotatable bonds is 5. The molecule has 1 saturated carbocycles. The van der Waals surface area contributed by atoms with Crippen molar-refractivity contribution in [1.29, 1.82) is 0 Å². The highest BCUT2D eigenvalue weighted by atomic mass is 19.1. The number of amides is 1. The fourth-order valence-corrected chi connectivity index (χ4v) is 3.36. The van der Waals surface area contributed by atoms with Crippen LogP contribution < -0.4 is 0 Å². The highest BCUT2D eigenvalue weighted by molar-refractivity contribution is 5.79. The molecule has 0 aromatic heterocycles. The maximum absolute atomic E-state index is 14.1. The Morgan fingerprint density at radius 3 is 2.78 bits per heavy atom. The maximum atomic E-state index is 14.1. The Balaban J connectivity index is 1.78. The van der Waals surface area contributed by atoms with Gasteiger partial charge >= 0.3 is 0 Å². The number of nitrogens with zero attached hydrogens (tertiary/aromatic N) is 2. The molecule has 4 nitrogen and oxygen atoms in total. The lowest BCUT2D eigenvalue weighted by Gasteiger charge is -2.28. The molecule has 2 aliphatic rings. The molecule has 0 radical (unpaired) electrons. The molecule has 1 aliphatic heterocycles. The molecule has 23 heavy (non-hydrogen) atoms. The number of halogens is 2. The number of likely N-dealkylation sites (N-methyl/N-ethyl adjacent to an activating group) is 1. The van der Waals surface area contributed by atoms with Crippen LogP contribution in [0.25, 0.3) is 0 Å². The molecule has 126 valence electrons. The van der Waals surface area contributed by atoms with Gasteiger partial charge in [-0.1, -0.05) is 6.92 Å². The van der Waals surface area contributed by atoms with Gasteiger partial charge < -0.3 is 10.0 Å². The molecule has 1 heterocycles. The van der Waals surface area contributed by atoms with Crippen molar-refractivity contribution in [3.05, 3.63) is 35.4 Å². The van der Waals surface area contributed by atoms with Crippen LogP contribution in [0.15, 0.2) is 18.2 Å². The molecule has 1 saturated heterocycles. The molecule has 6 heteroatoms. The zero-order valence-electron chi connectivity index (χ0n) is 13.2. The van der Waals surface area contributed by atoms with Crippen molar-refractivity contribution in [3.8, 4) is 0 Å². The van der Waals surface area contributed by atoms with Gasteiger partial charge in [0.05, 0.1) is 18.7 Å². The summed E-state index contributed by atoms with van der Waals surface area (Å²) in [6.07, 6.45) is 1.74. The Labute approximate surface area is 134 Å². The van der Waals surface area contributed by atoms with Gasteiger partial charge in [-0.2, -0.15) is 0 Å². The van der Waals surface area contributed by atoms with Gasteiger partial charge in [-0.05, 0) is 44.0 Å². The number of carbonyl (C=O) groups excluding carboxylic acids is 1. The van der Waals surface area contributed by atoms with Gasteiger partial charge in [-0.3, -0.25) is 9.69 Å². The number of β-amino-alcohol motifs (C(OH)–C–C–N with tert-alkyl or cyclic N) is 1. The maximum Gasteiger partial charge on any atom is 0.237 e. The number of hydrogen-bond acceptors (Lipinski definition) is 3. The van der Waals surface area contributed by atoms with E-state index in [2.05, 4.69) is 4.90 Å². The minimum atomic E-state index is -0.706. The summed E-state index contributed by atoms with van der Waals surface area (Å²) < 4.78 is 27.5. The van der Waals surface area contributed by atoms with E-state index in [1.54, 1.807) is 0 Å². The Morgan fingerprint density at radius 2 is 2.13 bits per heavy atom. The zero-order valence-corrected chi connectivity index (χ0v) is 13.2. The van der Waals surface area contributed by atoms with Gasteiger partial charge in [-0.15, -0.1) is 0 Å². The molecule has 3 rings (SSSR count). The highest BCUT2D eigenvalue weighted by Gasteiger charge is 2.38. The molecule has 0 unspecified atom stereocenters. The monoisotopic (exact) mass is 324 g/mol. The summed E-state index contributed by atoms with van der Waals surface area (Å²) in [5.41, 5.74) is 0.143. The molecule has 1 amide bonds. The zero-order chi connectivity index (χ0) is 16.6. The standard InChI is InChI=1S/C17H22F2N2O2/c1-2-20(12-4-5-12)10-17(23)21-9-13(22)8-16(21)14-7-11(18)3-6-15(14)19/h3,6-7,12-13,16,22H,2,4-5,8-10H2,1H3/t13-,16-/m0/s1. The molecule has 0 spiro atoms. The largest absolute Gasteiger partial charge is 0.391 e. The van der Waals surface area contributed by atoms with Gasteiger partial charge in [0.25, 0.3) is 0 Å². The summed E-state index contributed by atoms with van der Waals surface area (Å²) in [6, 6.07) is 3.10. The van der Waals surface area contributed by atoms with E-state index in [1.165, 1.54) is 4.90 Å². The Bertz CT molecular complexity index is 592. The van der Waals surface area contributed by atoms with Crippen molar-refractivity contribution < 1.29 is 18.7 Å². The van der Waals surface area contributed by atoms with Gasteiger partial charge in [0, 0.05) is 18.2 Å². The number of aliphatic hydroxyl groups is 1. The second-order valence-corrected chi connectivity index (χ2v) is 6.41. The minimum Gasteiger partial charge on any atom is -0.391 e. The normalized spacial score (nSPS) is 24.5. The van der Waals surface area contributed by atoms with E-state index in [1.807, 2.05) is 6.92 Å². The molecule has 1 aliphatic carbocycles. The van der Waals surface area contributed by atoms with E-state index in [0.29, 0.717) is 6.04 Å². The topological polar surface area (TPSA) is 43.8 Å². The van der Waals surface area contributed by atoms with Crippen LogP contribution in [0.5, 0.6) is 0 Å². The van der Waals surface area contributed by atoms with Crippen molar-refractivity contribution in [2.45, 2.75) is 44.4 Å². The number of aliphatic hydroxyl groups excluding tert-OH is 1. The van der Waals surface area contributed by atoms with Crippen molar-refractivity contribution in [2.75, 3.05) is 19.6 Å². The first-order valence-electron chi connectivity index (χ1n) is 8.16. The molecular formula is C17H22F2N2O2. The summed E-state index contributed by atoms with van der Waals surface area (Å²) in [5, 5.41) is 9.93. The lowest BCUT2D eigenvalue weighted by molar-refractivity contribution is -0.133. The van der Waals surface area contributed by atoms with Crippen LogP contribution in [0, 0.1) is 11.6 Å². The summed E-state index contributed by atoms with van der Waals surface area (Å²) in [6.45, 7) is 3.23. The Kier molecular flexibility index (Phi) is 4.64. The third kappa shape index (κ3) is 3.53. The van der Waals surface area contributed by atoms with Crippen molar-refractivity contribution in [2.24, 2.45) is 0 Å². The fourth-order valence-electron chi connectivity index (χ4n) is 3.36. The van der Waals surface area contributed by atoms with E-state index >= 15 is 0 Å².